The number of hydrogen-bond donors (Lipinski definition) is 1. The number of nitrogens with one attached hydrogen (secondary N) is 1. The molecule has 1 aromatic heterocycles. The van der Waals surface area contributed by atoms with Gasteiger partial charge in [0, 0.05) is 5.39 Å². The van der Waals surface area contributed by atoms with E-state index in [4.69, 9.17) is 4.52 Å². The van der Waals surface area contributed by atoms with E-state index < -0.39 is 0 Å². The van der Waals surface area contributed by atoms with Crippen LogP contribution in [0.1, 0.15) is 16.1 Å². The second kappa shape index (κ2) is 3.82. The lowest BCUT2D eigenvalue weighted by molar-refractivity contribution is 0.0994. The van der Waals surface area contributed by atoms with Crippen molar-refractivity contribution in [1.29, 1.82) is 0 Å². The zero-order valence-corrected chi connectivity index (χ0v) is 8.70. The number of fused-ring (bicyclic) bond motifs is 1. The zero-order valence-electron chi connectivity index (χ0n) is 8.70. The van der Waals surface area contributed by atoms with Gasteiger partial charge in [0.25, 0.3) is 0 Å². The van der Waals surface area contributed by atoms with Crippen LogP contribution in [0.2, 0.25) is 0 Å². The van der Waals surface area contributed by atoms with E-state index >= 15 is 0 Å². The lowest BCUT2D eigenvalue weighted by atomic mass is 10.1. The molecular formula is C11H12N2O2. The summed E-state index contributed by atoms with van der Waals surface area (Å²) < 4.78 is 5.15. The maximum Gasteiger partial charge on any atom is 0.180 e. The molecule has 0 spiro atoms. The van der Waals surface area contributed by atoms with Crippen LogP contribution in [0.25, 0.3) is 11.0 Å². The third kappa shape index (κ3) is 1.64. The summed E-state index contributed by atoms with van der Waals surface area (Å²) in [5.74, 6) is 0.0132. The van der Waals surface area contributed by atoms with Crippen molar-refractivity contribution in [2.45, 2.75) is 6.92 Å². The summed E-state index contributed by atoms with van der Waals surface area (Å²) >= 11 is 0. The first-order valence-corrected chi connectivity index (χ1v) is 4.77. The number of para-hydroxylation sites is 1. The summed E-state index contributed by atoms with van der Waals surface area (Å²) in [6.45, 7) is 2.16. The highest BCUT2D eigenvalue weighted by Gasteiger charge is 2.13. The monoisotopic (exact) mass is 204 g/mol. The standard InChI is InChI=1S/C11H12N2O2/c1-7-8-4-3-5-9(10(14)6-12-2)11(8)15-13-7/h3-5,12H,6H2,1-2H3. The molecule has 0 saturated heterocycles. The Kier molecular flexibility index (Phi) is 2.51. The quantitative estimate of drug-likeness (QED) is 0.770. The highest BCUT2D eigenvalue weighted by atomic mass is 16.5. The third-order valence-corrected chi connectivity index (χ3v) is 2.32. The molecule has 0 aliphatic heterocycles. The average Bonchev–Trinajstić information content (AvgIpc) is 2.61. The molecule has 0 amide bonds. The Morgan fingerprint density at radius 2 is 2.33 bits per heavy atom. The average molecular weight is 204 g/mol. The van der Waals surface area contributed by atoms with Crippen molar-refractivity contribution in [3.05, 3.63) is 29.5 Å². The predicted octanol–water partition coefficient (Wildman–Crippen LogP) is 1.54. The molecule has 0 fully saturated rings. The number of ketones is 1. The number of likely N-dealkylation sites (N-methyl/N-ethyl adjacent to an activating group) is 1. The molecule has 0 aliphatic rings. The zero-order chi connectivity index (χ0) is 10.8. The summed E-state index contributed by atoms with van der Waals surface area (Å²) in [6.07, 6.45) is 0. The van der Waals surface area contributed by atoms with E-state index in [2.05, 4.69) is 10.5 Å². The van der Waals surface area contributed by atoms with Crippen LogP contribution in [0.15, 0.2) is 22.7 Å². The molecule has 2 aromatic rings. The second-order valence-electron chi connectivity index (χ2n) is 3.40. The number of nitrogens with zero attached hydrogens (tertiary/aromatic N) is 1. The predicted molar refractivity (Wildman–Crippen MR) is 57.0 cm³/mol. The van der Waals surface area contributed by atoms with Gasteiger partial charge in [-0.25, -0.2) is 0 Å². The Morgan fingerprint density at radius 3 is 3.07 bits per heavy atom. The molecule has 0 aliphatic carbocycles. The van der Waals surface area contributed by atoms with Crippen LogP contribution in [0, 0.1) is 6.92 Å². The molecule has 78 valence electrons. The van der Waals surface area contributed by atoms with Gasteiger partial charge in [-0.05, 0) is 26.1 Å². The van der Waals surface area contributed by atoms with E-state index in [1.165, 1.54) is 0 Å². The lowest BCUT2D eigenvalue weighted by Gasteiger charge is -1.99. The summed E-state index contributed by atoms with van der Waals surface area (Å²) in [5, 5.41) is 7.58. The van der Waals surface area contributed by atoms with Gasteiger partial charge < -0.3 is 9.84 Å². The van der Waals surface area contributed by atoms with Gasteiger partial charge in [0.2, 0.25) is 0 Å². The minimum Gasteiger partial charge on any atom is -0.355 e. The number of carbonyl (C=O) groups excluding carboxylic acids is 1. The number of aromatic nitrogens is 1. The van der Waals surface area contributed by atoms with Crippen LogP contribution in [0.3, 0.4) is 0 Å². The third-order valence-electron chi connectivity index (χ3n) is 2.32. The Bertz CT molecular complexity index is 502. The topological polar surface area (TPSA) is 55.1 Å². The molecule has 0 bridgehead atoms. The first kappa shape index (κ1) is 9.86. The van der Waals surface area contributed by atoms with Gasteiger partial charge in [0.15, 0.2) is 11.4 Å². The van der Waals surface area contributed by atoms with Gasteiger partial charge in [0.1, 0.15) is 0 Å². The number of benzene rings is 1. The fourth-order valence-electron chi connectivity index (χ4n) is 1.56. The highest BCUT2D eigenvalue weighted by Crippen LogP contribution is 2.21. The number of carbonyl (C=O) groups is 1. The summed E-state index contributed by atoms with van der Waals surface area (Å²) in [7, 11) is 1.74. The smallest absolute Gasteiger partial charge is 0.180 e. The van der Waals surface area contributed by atoms with Crippen LogP contribution < -0.4 is 5.32 Å². The molecule has 1 heterocycles. The molecule has 4 heteroatoms. The van der Waals surface area contributed by atoms with Crippen molar-refractivity contribution < 1.29 is 9.32 Å². The largest absolute Gasteiger partial charge is 0.355 e. The lowest BCUT2D eigenvalue weighted by Crippen LogP contribution is -2.18. The van der Waals surface area contributed by atoms with E-state index in [1.54, 1.807) is 13.1 Å². The van der Waals surface area contributed by atoms with Crippen LogP contribution in [0.4, 0.5) is 0 Å². The SMILES string of the molecule is CNCC(=O)c1cccc2c(C)noc12. The van der Waals surface area contributed by atoms with Gasteiger partial charge in [-0.2, -0.15) is 0 Å². The van der Waals surface area contributed by atoms with Crippen molar-refractivity contribution in [2.24, 2.45) is 0 Å². The van der Waals surface area contributed by atoms with E-state index in [-0.39, 0.29) is 5.78 Å². The van der Waals surface area contributed by atoms with Crippen LogP contribution in [-0.4, -0.2) is 24.5 Å². The number of hydrogen-bond acceptors (Lipinski definition) is 4. The molecule has 1 aromatic carbocycles. The maximum absolute atomic E-state index is 11.7. The fourth-order valence-corrected chi connectivity index (χ4v) is 1.56. The second-order valence-corrected chi connectivity index (χ2v) is 3.40. The Hall–Kier alpha value is -1.68. The Morgan fingerprint density at radius 1 is 1.53 bits per heavy atom. The van der Waals surface area contributed by atoms with E-state index in [0.717, 1.165) is 11.1 Å². The van der Waals surface area contributed by atoms with Crippen molar-refractivity contribution in [2.75, 3.05) is 13.6 Å². The highest BCUT2D eigenvalue weighted by molar-refractivity contribution is 6.07. The summed E-state index contributed by atoms with van der Waals surface area (Å²) in [6, 6.07) is 5.50. The minimum atomic E-state index is 0.0132. The van der Waals surface area contributed by atoms with Gasteiger partial charge in [-0.15, -0.1) is 0 Å². The molecule has 1 N–H and O–H groups in total. The van der Waals surface area contributed by atoms with Crippen LogP contribution in [-0.2, 0) is 0 Å². The first-order valence-electron chi connectivity index (χ1n) is 4.77. The molecular weight excluding hydrogens is 192 g/mol. The molecule has 4 nitrogen and oxygen atoms in total. The molecule has 0 atom stereocenters. The van der Waals surface area contributed by atoms with Gasteiger partial charge in [-0.3, -0.25) is 4.79 Å². The van der Waals surface area contributed by atoms with Crippen LogP contribution in [0.5, 0.6) is 0 Å². The Labute approximate surface area is 87.2 Å². The van der Waals surface area contributed by atoms with Crippen molar-refractivity contribution in [3.63, 3.8) is 0 Å². The number of aryl methyl sites for hydroxylation is 1. The minimum absolute atomic E-state index is 0.0132. The maximum atomic E-state index is 11.7. The van der Waals surface area contributed by atoms with E-state index in [1.807, 2.05) is 19.1 Å². The van der Waals surface area contributed by atoms with E-state index in [9.17, 15) is 4.79 Å². The number of Topliss-reactive ketones (excluding diaryl/α,β-unsaturated/α-hetero) is 1. The van der Waals surface area contributed by atoms with Gasteiger partial charge >= 0.3 is 0 Å². The van der Waals surface area contributed by atoms with Crippen molar-refractivity contribution in [3.8, 4) is 0 Å². The fraction of sp³-hybridized carbons (Fsp3) is 0.273. The van der Waals surface area contributed by atoms with Crippen LogP contribution >= 0.6 is 0 Å². The van der Waals surface area contributed by atoms with Crippen molar-refractivity contribution >= 4 is 16.8 Å². The van der Waals surface area contributed by atoms with Gasteiger partial charge in [0.05, 0.1) is 17.8 Å². The van der Waals surface area contributed by atoms with E-state index in [0.29, 0.717) is 17.7 Å². The Balaban J connectivity index is 2.56. The van der Waals surface area contributed by atoms with Gasteiger partial charge in [-0.1, -0.05) is 11.2 Å². The first-order chi connectivity index (χ1) is 7.24. The molecule has 0 saturated carbocycles. The molecule has 0 unspecified atom stereocenters. The summed E-state index contributed by atoms with van der Waals surface area (Å²) in [4.78, 5) is 11.7. The molecule has 15 heavy (non-hydrogen) atoms. The number of rotatable bonds is 3. The molecule has 2 rings (SSSR count). The summed E-state index contributed by atoms with van der Waals surface area (Å²) in [5.41, 5.74) is 1.97. The van der Waals surface area contributed by atoms with Crippen molar-refractivity contribution in [1.82, 2.24) is 10.5 Å². The normalized spacial score (nSPS) is 10.8. The molecule has 0 radical (unpaired) electrons.